The number of anilines is 2. The number of fused-ring (bicyclic) bond motifs is 1. The lowest BCUT2D eigenvalue weighted by Crippen LogP contribution is -2.22. The van der Waals surface area contributed by atoms with Crippen LogP contribution in [0.4, 0.5) is 21.6 Å². The molecule has 1 atom stereocenters. The summed E-state index contributed by atoms with van der Waals surface area (Å²) in [6.45, 7) is 1.09. The first kappa shape index (κ1) is 20.4. The van der Waals surface area contributed by atoms with Crippen molar-refractivity contribution in [3.8, 4) is 5.75 Å². The van der Waals surface area contributed by atoms with Crippen LogP contribution in [0.5, 0.6) is 5.75 Å². The van der Waals surface area contributed by atoms with Crippen molar-refractivity contribution in [2.75, 3.05) is 30.0 Å². The average Bonchev–Trinajstić information content (AvgIpc) is 3.22. The summed E-state index contributed by atoms with van der Waals surface area (Å²) in [5.41, 5.74) is 1.66. The lowest BCUT2D eigenvalue weighted by Gasteiger charge is -2.18. The standard InChI is InChI=1S/C21H20ClFN4O3S/c22-16-9-14(27-31(28)6-1-7-31)10-18-20(16)21(25-12-24-18)26-17-3-2-13(23)8-19(17)30-15-4-5-29-11-15/h2-3,8-10,12,15H,1,4-7,11H2,(H,24,25,26)/t15-/m0/s1. The number of hydrogen-bond donors (Lipinski definition) is 1. The van der Waals surface area contributed by atoms with Crippen LogP contribution in [0.1, 0.15) is 12.8 Å². The first-order valence-electron chi connectivity index (χ1n) is 9.97. The fraction of sp³-hybridized carbons (Fsp3) is 0.333. The molecule has 7 nitrogen and oxygen atoms in total. The molecule has 162 valence electrons. The van der Waals surface area contributed by atoms with Crippen molar-refractivity contribution in [3.05, 3.63) is 47.5 Å². The Morgan fingerprint density at radius 3 is 2.87 bits per heavy atom. The maximum atomic E-state index is 13.9. The summed E-state index contributed by atoms with van der Waals surface area (Å²) < 4.78 is 42.0. The normalized spacial score (nSPS) is 19.7. The molecule has 0 amide bonds. The molecule has 0 saturated carbocycles. The first-order valence-corrected chi connectivity index (χ1v) is 12.2. The maximum Gasteiger partial charge on any atom is 0.146 e. The van der Waals surface area contributed by atoms with E-state index in [-0.39, 0.29) is 6.10 Å². The van der Waals surface area contributed by atoms with Gasteiger partial charge in [-0.2, -0.15) is 4.36 Å². The Morgan fingerprint density at radius 1 is 1.26 bits per heavy atom. The van der Waals surface area contributed by atoms with Crippen molar-refractivity contribution in [2.24, 2.45) is 4.36 Å². The maximum absolute atomic E-state index is 13.9. The van der Waals surface area contributed by atoms with Crippen LogP contribution in [0, 0.1) is 5.82 Å². The zero-order chi connectivity index (χ0) is 21.4. The Bertz CT molecular complexity index is 1260. The van der Waals surface area contributed by atoms with Gasteiger partial charge < -0.3 is 14.8 Å². The second-order valence-electron chi connectivity index (χ2n) is 7.54. The van der Waals surface area contributed by atoms with E-state index in [1.165, 1.54) is 18.5 Å². The van der Waals surface area contributed by atoms with E-state index in [9.17, 15) is 8.60 Å². The largest absolute Gasteiger partial charge is 0.486 e. The molecular weight excluding hydrogens is 443 g/mol. The van der Waals surface area contributed by atoms with Crippen LogP contribution < -0.4 is 10.1 Å². The van der Waals surface area contributed by atoms with Crippen LogP contribution in [0.25, 0.3) is 10.9 Å². The monoisotopic (exact) mass is 462 g/mol. The molecule has 10 heteroatoms. The highest BCUT2D eigenvalue weighted by Gasteiger charge is 2.21. The number of aromatic nitrogens is 2. The molecule has 2 saturated heterocycles. The highest BCUT2D eigenvalue weighted by molar-refractivity contribution is 7.95. The summed E-state index contributed by atoms with van der Waals surface area (Å²) >= 11 is 6.55. The molecule has 0 unspecified atom stereocenters. The number of benzene rings is 2. The van der Waals surface area contributed by atoms with Gasteiger partial charge in [-0.15, -0.1) is 0 Å². The quantitative estimate of drug-likeness (QED) is 0.584. The first-order chi connectivity index (χ1) is 15.0. The molecule has 0 spiro atoms. The van der Waals surface area contributed by atoms with Gasteiger partial charge in [-0.05, 0) is 30.7 Å². The van der Waals surface area contributed by atoms with E-state index in [2.05, 4.69) is 19.6 Å². The molecule has 3 aromatic rings. The molecule has 5 rings (SSSR count). The van der Waals surface area contributed by atoms with Crippen LogP contribution in [-0.4, -0.2) is 45.0 Å². The van der Waals surface area contributed by atoms with Crippen molar-refractivity contribution in [1.29, 1.82) is 0 Å². The van der Waals surface area contributed by atoms with E-state index in [1.54, 1.807) is 18.2 Å². The third-order valence-corrected chi connectivity index (χ3v) is 7.95. The number of hydrogen-bond acceptors (Lipinski definition) is 7. The SMILES string of the molecule is O=S1(=Nc2cc(Cl)c3c(Nc4ccc(F)cc4O[C@H]4CCOC4)ncnc3c2)CCC1. The smallest absolute Gasteiger partial charge is 0.146 e. The molecule has 1 aromatic heterocycles. The molecule has 0 radical (unpaired) electrons. The zero-order valence-corrected chi connectivity index (χ0v) is 18.1. The molecule has 2 aliphatic heterocycles. The summed E-state index contributed by atoms with van der Waals surface area (Å²) in [5.74, 6) is 1.64. The fourth-order valence-corrected chi connectivity index (χ4v) is 5.31. The van der Waals surface area contributed by atoms with Gasteiger partial charge in [0, 0.05) is 24.0 Å². The van der Waals surface area contributed by atoms with Crippen LogP contribution in [0.15, 0.2) is 41.0 Å². The molecule has 0 aliphatic carbocycles. The number of halogens is 2. The van der Waals surface area contributed by atoms with E-state index in [0.717, 1.165) is 12.8 Å². The topological polar surface area (TPSA) is 85.7 Å². The molecule has 31 heavy (non-hydrogen) atoms. The van der Waals surface area contributed by atoms with Gasteiger partial charge in [-0.1, -0.05) is 11.6 Å². The summed E-state index contributed by atoms with van der Waals surface area (Å²) in [7, 11) is -2.16. The van der Waals surface area contributed by atoms with Crippen molar-refractivity contribution in [3.63, 3.8) is 0 Å². The minimum atomic E-state index is -2.16. The number of nitrogens with one attached hydrogen (secondary N) is 1. The zero-order valence-electron chi connectivity index (χ0n) is 16.5. The Labute approximate surface area is 184 Å². The van der Waals surface area contributed by atoms with E-state index in [4.69, 9.17) is 21.1 Å². The predicted octanol–water partition coefficient (Wildman–Crippen LogP) is 4.84. The van der Waals surface area contributed by atoms with E-state index < -0.39 is 15.5 Å². The Kier molecular flexibility index (Phi) is 5.41. The third kappa shape index (κ3) is 4.30. The molecular formula is C21H20ClFN4O3S. The number of nitrogens with zero attached hydrogens (tertiary/aromatic N) is 3. The fourth-order valence-electron chi connectivity index (χ4n) is 3.56. The molecule has 2 aromatic carbocycles. The number of rotatable bonds is 5. The van der Waals surface area contributed by atoms with Crippen LogP contribution >= 0.6 is 11.6 Å². The number of ether oxygens (including phenoxy) is 2. The van der Waals surface area contributed by atoms with Gasteiger partial charge in [0.2, 0.25) is 0 Å². The van der Waals surface area contributed by atoms with Gasteiger partial charge in [0.05, 0.1) is 50.2 Å². The van der Waals surface area contributed by atoms with Crippen LogP contribution in [0.3, 0.4) is 0 Å². The van der Waals surface area contributed by atoms with Crippen molar-refractivity contribution in [2.45, 2.75) is 18.9 Å². The predicted molar refractivity (Wildman–Crippen MR) is 119 cm³/mol. The van der Waals surface area contributed by atoms with Crippen molar-refractivity contribution >= 4 is 49.4 Å². The Morgan fingerprint density at radius 2 is 2.13 bits per heavy atom. The summed E-state index contributed by atoms with van der Waals surface area (Å²) in [4.78, 5) is 8.62. The van der Waals surface area contributed by atoms with E-state index >= 15 is 0 Å². The minimum Gasteiger partial charge on any atom is -0.486 e. The second kappa shape index (κ2) is 8.22. The molecule has 2 fully saturated rings. The van der Waals surface area contributed by atoms with Crippen LogP contribution in [0.2, 0.25) is 5.02 Å². The second-order valence-corrected chi connectivity index (χ2v) is 10.5. The van der Waals surface area contributed by atoms with Crippen LogP contribution in [-0.2, 0) is 14.5 Å². The van der Waals surface area contributed by atoms with Gasteiger partial charge in [0.25, 0.3) is 0 Å². The lowest BCUT2D eigenvalue weighted by molar-refractivity contribution is 0.141. The van der Waals surface area contributed by atoms with Gasteiger partial charge in [0.1, 0.15) is 29.8 Å². The van der Waals surface area contributed by atoms with Gasteiger partial charge >= 0.3 is 0 Å². The van der Waals surface area contributed by atoms with Crippen molar-refractivity contribution in [1.82, 2.24) is 9.97 Å². The van der Waals surface area contributed by atoms with E-state index in [0.29, 0.717) is 63.6 Å². The third-order valence-electron chi connectivity index (χ3n) is 5.25. The highest BCUT2D eigenvalue weighted by atomic mass is 35.5. The highest BCUT2D eigenvalue weighted by Crippen LogP contribution is 2.37. The summed E-state index contributed by atoms with van der Waals surface area (Å²) in [6.07, 6.45) is 2.94. The van der Waals surface area contributed by atoms with Gasteiger partial charge in [-0.25, -0.2) is 18.6 Å². The Hall–Kier alpha value is -2.49. The molecule has 2 aliphatic rings. The van der Waals surface area contributed by atoms with Crippen molar-refractivity contribution < 1.29 is 18.1 Å². The van der Waals surface area contributed by atoms with Gasteiger partial charge in [-0.3, -0.25) is 0 Å². The summed E-state index contributed by atoms with van der Waals surface area (Å²) in [5, 5.41) is 4.17. The molecule has 1 N–H and O–H groups in total. The minimum absolute atomic E-state index is 0.134. The average molecular weight is 463 g/mol. The van der Waals surface area contributed by atoms with E-state index in [1.807, 2.05) is 0 Å². The molecule has 3 heterocycles. The van der Waals surface area contributed by atoms with Gasteiger partial charge in [0.15, 0.2) is 0 Å². The molecule has 0 bridgehead atoms. The Balaban J connectivity index is 1.51. The lowest BCUT2D eigenvalue weighted by atomic mass is 10.2. The summed E-state index contributed by atoms with van der Waals surface area (Å²) in [6, 6.07) is 7.68.